The lowest BCUT2D eigenvalue weighted by molar-refractivity contribution is -0.359. The van der Waals surface area contributed by atoms with E-state index in [0.717, 1.165) is 51.4 Å². The number of aliphatic hydroxyl groups excluding tert-OH is 8. The van der Waals surface area contributed by atoms with Crippen molar-refractivity contribution in [3.63, 3.8) is 0 Å². The Labute approximate surface area is 501 Å². The molecule has 1 amide bonds. The maximum absolute atomic E-state index is 13.3. The molecule has 2 fully saturated rings. The van der Waals surface area contributed by atoms with Crippen LogP contribution in [0.1, 0.15) is 322 Å². The molecule has 2 aliphatic heterocycles. The minimum atomic E-state index is -1.78. The van der Waals surface area contributed by atoms with Gasteiger partial charge in [-0.15, -0.1) is 0 Å². The summed E-state index contributed by atoms with van der Waals surface area (Å²) in [4.78, 5) is 13.3. The Balaban J connectivity index is 1.49. The SMILES string of the molecule is CCCCCCCCCC/C=C\CCCCCCCCCCCCCCCCCCCCCCCCCCCCCC(=O)NC(COC1OC(CO)C(OC2OC(CO)C(O)C(O)C2O)C(O)C1O)C(O)CCCCCCCCCCC. The van der Waals surface area contributed by atoms with Crippen LogP contribution in [0.2, 0.25) is 0 Å². The molecule has 9 N–H and O–H groups in total. The Morgan fingerprint density at radius 1 is 0.427 bits per heavy atom. The van der Waals surface area contributed by atoms with Crippen LogP contribution in [0.5, 0.6) is 0 Å². The molecular formula is C68H131NO13. The maximum atomic E-state index is 13.3. The molecule has 2 rings (SSSR count). The van der Waals surface area contributed by atoms with Gasteiger partial charge in [0.1, 0.15) is 48.8 Å². The highest BCUT2D eigenvalue weighted by molar-refractivity contribution is 5.76. The van der Waals surface area contributed by atoms with Gasteiger partial charge in [-0.25, -0.2) is 0 Å². The van der Waals surface area contributed by atoms with Crippen LogP contribution in [0.4, 0.5) is 0 Å². The zero-order chi connectivity index (χ0) is 59.5. The maximum Gasteiger partial charge on any atom is 0.220 e. The fourth-order valence-electron chi connectivity index (χ4n) is 11.9. The van der Waals surface area contributed by atoms with Gasteiger partial charge in [-0.3, -0.25) is 4.79 Å². The topological polar surface area (TPSA) is 228 Å². The summed E-state index contributed by atoms with van der Waals surface area (Å²) in [6.07, 6.45) is 48.7. The first-order chi connectivity index (χ1) is 40.1. The van der Waals surface area contributed by atoms with Gasteiger partial charge in [0.25, 0.3) is 0 Å². The Morgan fingerprint density at radius 2 is 0.768 bits per heavy atom. The zero-order valence-electron chi connectivity index (χ0n) is 52.8. The van der Waals surface area contributed by atoms with Crippen molar-refractivity contribution >= 4 is 5.91 Å². The lowest BCUT2D eigenvalue weighted by Crippen LogP contribution is -2.65. The quantitative estimate of drug-likeness (QED) is 0.0204. The average Bonchev–Trinajstić information content (AvgIpc) is 3.38. The van der Waals surface area contributed by atoms with E-state index in [-0.39, 0.29) is 12.5 Å². The summed E-state index contributed by atoms with van der Waals surface area (Å²) in [6, 6.07) is -0.822. The number of hydrogen-bond donors (Lipinski definition) is 9. The molecule has 2 saturated heterocycles. The molecule has 14 heteroatoms. The van der Waals surface area contributed by atoms with Crippen molar-refractivity contribution in [2.45, 2.75) is 396 Å². The number of amides is 1. The van der Waals surface area contributed by atoms with Crippen LogP contribution in [-0.2, 0) is 23.7 Å². The van der Waals surface area contributed by atoms with Crippen molar-refractivity contribution in [1.82, 2.24) is 5.32 Å². The predicted molar refractivity (Wildman–Crippen MR) is 332 cm³/mol. The third kappa shape index (κ3) is 38.1. The summed E-state index contributed by atoms with van der Waals surface area (Å²) in [6.45, 7) is 2.86. The second kappa shape index (κ2) is 53.9. The molecule has 0 aromatic carbocycles. The van der Waals surface area contributed by atoms with E-state index in [1.54, 1.807) is 0 Å². The van der Waals surface area contributed by atoms with Crippen molar-refractivity contribution in [1.29, 1.82) is 0 Å². The van der Waals surface area contributed by atoms with Crippen LogP contribution in [0.15, 0.2) is 12.2 Å². The normalized spacial score (nSPS) is 23.9. The van der Waals surface area contributed by atoms with Gasteiger partial charge in [0.15, 0.2) is 12.6 Å². The van der Waals surface area contributed by atoms with Crippen LogP contribution in [0.25, 0.3) is 0 Å². The Kier molecular flexibility index (Phi) is 50.5. The van der Waals surface area contributed by atoms with E-state index in [1.807, 2.05) is 0 Å². The number of nitrogens with one attached hydrogen (secondary N) is 1. The molecule has 0 aromatic heterocycles. The molecule has 12 unspecified atom stereocenters. The number of aliphatic hydroxyl groups is 8. The van der Waals surface area contributed by atoms with Crippen molar-refractivity contribution in [2.24, 2.45) is 0 Å². The van der Waals surface area contributed by atoms with Crippen LogP contribution in [0.3, 0.4) is 0 Å². The molecule has 0 bridgehead atoms. The second-order valence-corrected chi connectivity index (χ2v) is 25.0. The van der Waals surface area contributed by atoms with Gasteiger partial charge in [0, 0.05) is 6.42 Å². The average molecular weight is 1170 g/mol. The number of unbranched alkanes of at least 4 members (excludes halogenated alkanes) is 43. The van der Waals surface area contributed by atoms with E-state index < -0.39 is 86.8 Å². The summed E-state index contributed by atoms with van der Waals surface area (Å²) >= 11 is 0. The third-order valence-electron chi connectivity index (χ3n) is 17.5. The summed E-state index contributed by atoms with van der Waals surface area (Å²) < 4.78 is 22.8. The van der Waals surface area contributed by atoms with Crippen molar-refractivity contribution in [3.05, 3.63) is 12.2 Å². The monoisotopic (exact) mass is 1170 g/mol. The minimum Gasteiger partial charge on any atom is -0.394 e. The molecule has 0 radical (unpaired) electrons. The van der Waals surface area contributed by atoms with Gasteiger partial charge in [0.2, 0.25) is 5.91 Å². The molecule has 0 aromatic rings. The largest absolute Gasteiger partial charge is 0.394 e. The highest BCUT2D eigenvalue weighted by Crippen LogP contribution is 2.30. The minimum absolute atomic E-state index is 0.202. The van der Waals surface area contributed by atoms with Crippen molar-refractivity contribution in [3.8, 4) is 0 Å². The van der Waals surface area contributed by atoms with Gasteiger partial charge in [-0.2, -0.15) is 0 Å². The Morgan fingerprint density at radius 3 is 1.16 bits per heavy atom. The molecule has 0 aliphatic carbocycles. The summed E-state index contributed by atoms with van der Waals surface area (Å²) in [5.41, 5.74) is 0. The molecular weight excluding hydrogens is 1040 g/mol. The highest BCUT2D eigenvalue weighted by atomic mass is 16.7. The van der Waals surface area contributed by atoms with Crippen LogP contribution < -0.4 is 5.32 Å². The van der Waals surface area contributed by atoms with Gasteiger partial charge in [-0.1, -0.05) is 289 Å². The lowest BCUT2D eigenvalue weighted by atomic mass is 9.97. The summed E-state index contributed by atoms with van der Waals surface area (Å²) in [7, 11) is 0. The van der Waals surface area contributed by atoms with E-state index in [2.05, 4.69) is 31.3 Å². The van der Waals surface area contributed by atoms with E-state index in [1.165, 1.54) is 244 Å². The second-order valence-electron chi connectivity index (χ2n) is 25.0. The van der Waals surface area contributed by atoms with Gasteiger partial charge in [-0.05, 0) is 38.5 Å². The van der Waals surface area contributed by atoms with Crippen LogP contribution in [0, 0.1) is 0 Å². The van der Waals surface area contributed by atoms with Crippen LogP contribution >= 0.6 is 0 Å². The summed E-state index contributed by atoms with van der Waals surface area (Å²) in [5.74, 6) is -0.202. The number of carbonyl (C=O) groups excluding carboxylic acids is 1. The Hall–Kier alpha value is -1.27. The number of carbonyl (C=O) groups is 1. The molecule has 486 valence electrons. The molecule has 82 heavy (non-hydrogen) atoms. The molecule has 12 atom stereocenters. The number of ether oxygens (including phenoxy) is 4. The number of hydrogen-bond acceptors (Lipinski definition) is 13. The van der Waals surface area contributed by atoms with Gasteiger partial charge < -0.3 is 65.1 Å². The van der Waals surface area contributed by atoms with Crippen molar-refractivity contribution < 1.29 is 64.6 Å². The molecule has 14 nitrogen and oxygen atoms in total. The van der Waals surface area contributed by atoms with Gasteiger partial charge >= 0.3 is 0 Å². The van der Waals surface area contributed by atoms with E-state index in [9.17, 15) is 45.6 Å². The number of allylic oxidation sites excluding steroid dienone is 2. The molecule has 0 saturated carbocycles. The first-order valence-electron chi connectivity index (χ1n) is 34.9. The third-order valence-corrected chi connectivity index (χ3v) is 17.5. The highest BCUT2D eigenvalue weighted by Gasteiger charge is 2.51. The predicted octanol–water partition coefficient (Wildman–Crippen LogP) is 13.8. The first-order valence-corrected chi connectivity index (χ1v) is 34.9. The smallest absolute Gasteiger partial charge is 0.220 e. The zero-order valence-corrected chi connectivity index (χ0v) is 52.8. The standard InChI is InChI=1S/C68H131NO13/c1-3-5-7-9-11-13-14-15-16-17-18-19-20-21-22-23-24-25-26-27-28-29-30-31-32-33-34-35-36-37-38-39-40-41-42-44-46-48-50-52-60(73)69-56(57(72)51-49-47-45-43-12-10-8-6-4-2)55-79-67-65(78)63(76)66(59(54-71)81-67)82-68-64(77)62(75)61(74)58(53-70)80-68/h17-18,56-59,61-68,70-72,74-78H,3-16,19-55H2,1-2H3,(H,69,73)/b18-17-. The van der Waals surface area contributed by atoms with E-state index in [4.69, 9.17) is 18.9 Å². The molecule has 2 aliphatic rings. The van der Waals surface area contributed by atoms with E-state index >= 15 is 0 Å². The lowest BCUT2D eigenvalue weighted by Gasteiger charge is -2.46. The Bertz CT molecular complexity index is 1420. The molecule has 0 spiro atoms. The molecule has 2 heterocycles. The van der Waals surface area contributed by atoms with Crippen molar-refractivity contribution in [2.75, 3.05) is 19.8 Å². The van der Waals surface area contributed by atoms with Crippen LogP contribution in [-0.4, -0.2) is 140 Å². The fourth-order valence-corrected chi connectivity index (χ4v) is 11.9. The first kappa shape index (κ1) is 76.8. The number of rotatable bonds is 58. The fraction of sp³-hybridized carbons (Fsp3) is 0.956. The van der Waals surface area contributed by atoms with Gasteiger partial charge in [0.05, 0.1) is 32.0 Å². The summed E-state index contributed by atoms with van der Waals surface area (Å²) in [5, 5.41) is 87.1. The van der Waals surface area contributed by atoms with E-state index in [0.29, 0.717) is 12.8 Å².